The normalized spacial score (nSPS) is 10.3. The summed E-state index contributed by atoms with van der Waals surface area (Å²) < 4.78 is 11.1. The zero-order valence-electron chi connectivity index (χ0n) is 14.4. The summed E-state index contributed by atoms with van der Waals surface area (Å²) >= 11 is 5.55. The van der Waals surface area contributed by atoms with Crippen LogP contribution in [0, 0.1) is 0 Å². The van der Waals surface area contributed by atoms with Crippen molar-refractivity contribution in [2.24, 2.45) is 0 Å². The standard InChI is InChI=1S/C22H17ClO4/c23-21(24)18-11-12-20(26-14-16-7-3-1-4-8-16)19(13-18)22(25)27-15-17-9-5-2-6-10-17/h1-13H,14-15H2. The molecule has 0 radical (unpaired) electrons. The highest BCUT2D eigenvalue weighted by Gasteiger charge is 2.17. The fourth-order valence-electron chi connectivity index (χ4n) is 2.47. The maximum Gasteiger partial charge on any atom is 0.342 e. The zero-order valence-corrected chi connectivity index (χ0v) is 15.2. The van der Waals surface area contributed by atoms with Crippen molar-refractivity contribution in [1.29, 1.82) is 0 Å². The van der Waals surface area contributed by atoms with Crippen LogP contribution >= 0.6 is 11.6 Å². The van der Waals surface area contributed by atoms with E-state index in [9.17, 15) is 9.59 Å². The van der Waals surface area contributed by atoms with E-state index >= 15 is 0 Å². The van der Waals surface area contributed by atoms with Crippen LogP contribution in [0.4, 0.5) is 0 Å². The second kappa shape index (κ2) is 9.01. The summed E-state index contributed by atoms with van der Waals surface area (Å²) in [5, 5.41) is -0.651. The molecule has 0 unspecified atom stereocenters. The van der Waals surface area contributed by atoms with Gasteiger partial charge in [-0.3, -0.25) is 4.79 Å². The first kappa shape index (κ1) is 18.7. The van der Waals surface area contributed by atoms with Crippen LogP contribution in [0.2, 0.25) is 0 Å². The molecule has 3 rings (SSSR count). The summed E-state index contributed by atoms with van der Waals surface area (Å²) in [7, 11) is 0. The van der Waals surface area contributed by atoms with Gasteiger partial charge in [0, 0.05) is 5.56 Å². The first-order valence-electron chi connectivity index (χ1n) is 8.35. The number of benzene rings is 3. The molecule has 0 bridgehead atoms. The molecule has 0 N–H and O–H groups in total. The van der Waals surface area contributed by atoms with E-state index < -0.39 is 11.2 Å². The molecule has 0 aliphatic carbocycles. The maximum absolute atomic E-state index is 12.6. The lowest BCUT2D eigenvalue weighted by atomic mass is 10.1. The maximum atomic E-state index is 12.6. The van der Waals surface area contributed by atoms with Gasteiger partial charge in [0.1, 0.15) is 24.5 Å². The molecular formula is C22H17ClO4. The van der Waals surface area contributed by atoms with E-state index in [1.165, 1.54) is 12.1 Å². The third kappa shape index (κ3) is 5.19. The number of esters is 1. The molecule has 5 heteroatoms. The molecule has 0 saturated carbocycles. The van der Waals surface area contributed by atoms with Crippen molar-refractivity contribution < 1.29 is 19.1 Å². The van der Waals surface area contributed by atoms with E-state index in [1.54, 1.807) is 6.07 Å². The Hall–Kier alpha value is -3.11. The molecule has 136 valence electrons. The van der Waals surface area contributed by atoms with Gasteiger partial charge in [0.05, 0.1) is 0 Å². The summed E-state index contributed by atoms with van der Waals surface area (Å²) in [5.41, 5.74) is 2.18. The lowest BCUT2D eigenvalue weighted by molar-refractivity contribution is 0.0467. The minimum atomic E-state index is -0.651. The number of carbonyl (C=O) groups excluding carboxylic acids is 2. The van der Waals surface area contributed by atoms with Gasteiger partial charge in [-0.2, -0.15) is 0 Å². The van der Waals surface area contributed by atoms with Crippen LogP contribution < -0.4 is 4.74 Å². The highest BCUT2D eigenvalue weighted by atomic mass is 35.5. The minimum Gasteiger partial charge on any atom is -0.488 e. The number of rotatable bonds is 7. The van der Waals surface area contributed by atoms with E-state index in [0.29, 0.717) is 5.75 Å². The zero-order chi connectivity index (χ0) is 19.1. The first-order valence-corrected chi connectivity index (χ1v) is 8.73. The van der Waals surface area contributed by atoms with Gasteiger partial charge in [0.25, 0.3) is 5.24 Å². The van der Waals surface area contributed by atoms with E-state index in [1.807, 2.05) is 60.7 Å². The topological polar surface area (TPSA) is 52.6 Å². The Labute approximate surface area is 162 Å². The van der Waals surface area contributed by atoms with Crippen molar-refractivity contribution in [2.75, 3.05) is 0 Å². The van der Waals surface area contributed by atoms with Gasteiger partial charge in [-0.05, 0) is 40.9 Å². The van der Waals surface area contributed by atoms with Crippen LogP contribution in [-0.2, 0) is 18.0 Å². The quantitative estimate of drug-likeness (QED) is 0.427. The van der Waals surface area contributed by atoms with Crippen molar-refractivity contribution >= 4 is 22.8 Å². The summed E-state index contributed by atoms with van der Waals surface area (Å²) in [6, 6.07) is 23.4. The average Bonchev–Trinajstić information content (AvgIpc) is 2.72. The smallest absolute Gasteiger partial charge is 0.342 e. The van der Waals surface area contributed by atoms with Crippen LogP contribution in [0.25, 0.3) is 0 Å². The number of halogens is 1. The Morgan fingerprint density at radius 1 is 0.778 bits per heavy atom. The summed E-state index contributed by atoms with van der Waals surface area (Å²) in [6.45, 7) is 0.408. The minimum absolute atomic E-state index is 0.122. The Bertz CT molecular complexity index is 924. The molecule has 0 aliphatic heterocycles. The molecule has 4 nitrogen and oxygen atoms in total. The molecule has 0 heterocycles. The summed E-state index contributed by atoms with van der Waals surface area (Å²) in [6.07, 6.45) is 0. The number of ether oxygens (including phenoxy) is 2. The number of hydrogen-bond acceptors (Lipinski definition) is 4. The average molecular weight is 381 g/mol. The first-order chi connectivity index (χ1) is 13.1. The molecule has 0 aromatic heterocycles. The molecule has 3 aromatic rings. The molecule has 0 atom stereocenters. The molecule has 0 spiro atoms. The Kier molecular flexibility index (Phi) is 6.23. The van der Waals surface area contributed by atoms with Crippen LogP contribution in [-0.4, -0.2) is 11.2 Å². The monoisotopic (exact) mass is 380 g/mol. The van der Waals surface area contributed by atoms with Crippen molar-refractivity contribution in [2.45, 2.75) is 13.2 Å². The third-order valence-electron chi connectivity index (χ3n) is 3.88. The Balaban J connectivity index is 1.78. The lowest BCUT2D eigenvalue weighted by Crippen LogP contribution is -2.09. The summed E-state index contributed by atoms with van der Waals surface area (Å²) in [4.78, 5) is 24.0. The molecule has 0 fully saturated rings. The largest absolute Gasteiger partial charge is 0.488 e. The van der Waals surface area contributed by atoms with E-state index in [4.69, 9.17) is 21.1 Å². The van der Waals surface area contributed by atoms with Crippen molar-refractivity contribution in [1.82, 2.24) is 0 Å². The van der Waals surface area contributed by atoms with Crippen LogP contribution in [0.15, 0.2) is 78.9 Å². The highest BCUT2D eigenvalue weighted by molar-refractivity contribution is 6.67. The molecular weight excluding hydrogens is 364 g/mol. The van der Waals surface area contributed by atoms with Crippen LogP contribution in [0.5, 0.6) is 5.75 Å². The second-order valence-corrected chi connectivity index (χ2v) is 6.16. The van der Waals surface area contributed by atoms with Crippen LogP contribution in [0.3, 0.4) is 0 Å². The van der Waals surface area contributed by atoms with Gasteiger partial charge >= 0.3 is 5.97 Å². The van der Waals surface area contributed by atoms with Gasteiger partial charge in [0.15, 0.2) is 0 Å². The van der Waals surface area contributed by atoms with E-state index in [2.05, 4.69) is 0 Å². The SMILES string of the molecule is O=C(Cl)c1ccc(OCc2ccccc2)c(C(=O)OCc2ccccc2)c1. The van der Waals surface area contributed by atoms with Crippen molar-refractivity contribution in [3.63, 3.8) is 0 Å². The van der Waals surface area contributed by atoms with E-state index in [-0.39, 0.29) is 24.3 Å². The van der Waals surface area contributed by atoms with Gasteiger partial charge in [-0.15, -0.1) is 0 Å². The molecule has 3 aromatic carbocycles. The van der Waals surface area contributed by atoms with Gasteiger partial charge in [-0.1, -0.05) is 60.7 Å². The third-order valence-corrected chi connectivity index (χ3v) is 4.09. The summed E-state index contributed by atoms with van der Waals surface area (Å²) in [5.74, 6) is -0.250. The van der Waals surface area contributed by atoms with Crippen molar-refractivity contribution in [3.8, 4) is 5.75 Å². The molecule has 0 saturated heterocycles. The van der Waals surface area contributed by atoms with Gasteiger partial charge in [-0.25, -0.2) is 4.79 Å². The molecule has 0 amide bonds. The Morgan fingerprint density at radius 2 is 1.37 bits per heavy atom. The molecule has 0 aliphatic rings. The molecule has 27 heavy (non-hydrogen) atoms. The predicted octanol–water partition coefficient (Wildman–Crippen LogP) is 5.00. The van der Waals surface area contributed by atoms with Gasteiger partial charge in [0.2, 0.25) is 0 Å². The fraction of sp³-hybridized carbons (Fsp3) is 0.0909. The van der Waals surface area contributed by atoms with Crippen LogP contribution in [0.1, 0.15) is 31.8 Å². The fourth-order valence-corrected chi connectivity index (χ4v) is 2.59. The number of carbonyl (C=O) groups is 2. The Morgan fingerprint density at radius 3 is 1.96 bits per heavy atom. The van der Waals surface area contributed by atoms with Crippen molar-refractivity contribution in [3.05, 3.63) is 101 Å². The van der Waals surface area contributed by atoms with Gasteiger partial charge < -0.3 is 9.47 Å². The second-order valence-electron chi connectivity index (χ2n) is 5.82. The van der Waals surface area contributed by atoms with E-state index in [0.717, 1.165) is 11.1 Å². The highest BCUT2D eigenvalue weighted by Crippen LogP contribution is 2.24. The number of hydrogen-bond donors (Lipinski definition) is 0. The predicted molar refractivity (Wildman–Crippen MR) is 103 cm³/mol. The lowest BCUT2D eigenvalue weighted by Gasteiger charge is -2.12.